The van der Waals surface area contributed by atoms with E-state index in [2.05, 4.69) is 21.0 Å². The number of anilines is 1. The summed E-state index contributed by atoms with van der Waals surface area (Å²) in [5.74, 6) is -1.37. The molecule has 3 aromatic rings. The number of hydrogen-bond donors (Lipinski definition) is 1. The van der Waals surface area contributed by atoms with Crippen LogP contribution in [0.1, 0.15) is 10.4 Å². The van der Waals surface area contributed by atoms with E-state index in [1.54, 1.807) is 12.1 Å². The maximum atomic E-state index is 12.7. The Morgan fingerprint density at radius 1 is 1.11 bits per heavy atom. The van der Waals surface area contributed by atoms with E-state index in [1.165, 1.54) is 30.3 Å². The van der Waals surface area contributed by atoms with Crippen LogP contribution in [-0.2, 0) is 10.0 Å². The van der Waals surface area contributed by atoms with Gasteiger partial charge in [-0.1, -0.05) is 39.1 Å². The van der Waals surface area contributed by atoms with Crippen molar-refractivity contribution in [2.75, 3.05) is 5.73 Å². The van der Waals surface area contributed by atoms with Crippen molar-refractivity contribution in [2.24, 2.45) is 0 Å². The lowest BCUT2D eigenvalue weighted by molar-refractivity contribution is 0.0727. The van der Waals surface area contributed by atoms with Gasteiger partial charge in [-0.3, -0.25) is 0 Å². The fourth-order valence-corrected chi connectivity index (χ4v) is 3.94. The van der Waals surface area contributed by atoms with Crippen LogP contribution < -0.4 is 10.5 Å². The Kier molecular flexibility index (Phi) is 5.48. The summed E-state index contributed by atoms with van der Waals surface area (Å²) < 4.78 is 31.7. The minimum atomic E-state index is -4.06. The van der Waals surface area contributed by atoms with Gasteiger partial charge in [0.2, 0.25) is 5.88 Å². The summed E-state index contributed by atoms with van der Waals surface area (Å²) in [7, 11) is -4.06. The highest BCUT2D eigenvalue weighted by Gasteiger charge is 2.23. The van der Waals surface area contributed by atoms with Crippen LogP contribution in [0.25, 0.3) is 0 Å². The lowest BCUT2D eigenvalue weighted by atomic mass is 10.2. The molecule has 0 radical (unpaired) electrons. The Morgan fingerprint density at radius 2 is 1.78 bits per heavy atom. The highest BCUT2D eigenvalue weighted by molar-refractivity contribution is 9.10. The van der Waals surface area contributed by atoms with Gasteiger partial charge in [0.25, 0.3) is 10.0 Å². The number of hydrogen-bond acceptors (Lipinski definition) is 6. The SMILES string of the molecule is Nc1cc(OC(=O)c2cc(Cl)ccc2Cl)nn1S(=O)(=O)c1ccc(Br)cc1. The Hall–Kier alpha value is -2.07. The van der Waals surface area contributed by atoms with Gasteiger partial charge in [0.05, 0.1) is 15.5 Å². The Morgan fingerprint density at radius 3 is 2.44 bits per heavy atom. The molecule has 7 nitrogen and oxygen atoms in total. The summed E-state index contributed by atoms with van der Waals surface area (Å²) in [4.78, 5) is 12.2. The van der Waals surface area contributed by atoms with Gasteiger partial charge in [-0.05, 0) is 42.5 Å². The van der Waals surface area contributed by atoms with Crippen LogP contribution in [-0.4, -0.2) is 23.6 Å². The van der Waals surface area contributed by atoms with Crippen molar-refractivity contribution in [3.05, 3.63) is 68.6 Å². The number of carbonyl (C=O) groups excluding carboxylic acids is 1. The monoisotopic (exact) mass is 489 g/mol. The number of ether oxygens (including phenoxy) is 1. The molecule has 0 aliphatic carbocycles. The van der Waals surface area contributed by atoms with Crippen molar-refractivity contribution in [1.29, 1.82) is 0 Å². The quantitative estimate of drug-likeness (QED) is 0.554. The van der Waals surface area contributed by atoms with Gasteiger partial charge in [0, 0.05) is 15.6 Å². The Bertz CT molecular complexity index is 1130. The maximum absolute atomic E-state index is 12.7. The summed E-state index contributed by atoms with van der Waals surface area (Å²) in [6.07, 6.45) is 0. The van der Waals surface area contributed by atoms with Crippen molar-refractivity contribution < 1.29 is 17.9 Å². The second kappa shape index (κ2) is 7.51. The third-order valence-electron chi connectivity index (χ3n) is 3.37. The number of rotatable bonds is 4. The van der Waals surface area contributed by atoms with E-state index in [1.807, 2.05) is 0 Å². The molecule has 0 saturated carbocycles. The van der Waals surface area contributed by atoms with Crippen molar-refractivity contribution in [1.82, 2.24) is 9.19 Å². The third kappa shape index (κ3) is 4.11. The first-order valence-electron chi connectivity index (χ1n) is 7.22. The molecule has 0 amide bonds. The second-order valence-electron chi connectivity index (χ2n) is 5.22. The Balaban J connectivity index is 1.91. The zero-order valence-corrected chi connectivity index (χ0v) is 17.2. The molecule has 0 aliphatic heterocycles. The molecule has 11 heteroatoms. The van der Waals surface area contributed by atoms with E-state index < -0.39 is 16.0 Å². The molecule has 0 spiro atoms. The highest BCUT2D eigenvalue weighted by atomic mass is 79.9. The molecule has 0 atom stereocenters. The van der Waals surface area contributed by atoms with Gasteiger partial charge in [-0.25, -0.2) is 4.79 Å². The van der Waals surface area contributed by atoms with Crippen molar-refractivity contribution in [3.63, 3.8) is 0 Å². The van der Waals surface area contributed by atoms with Crippen LogP contribution >= 0.6 is 39.1 Å². The van der Waals surface area contributed by atoms with Crippen molar-refractivity contribution in [3.8, 4) is 5.88 Å². The lowest BCUT2D eigenvalue weighted by Gasteiger charge is -2.06. The van der Waals surface area contributed by atoms with Gasteiger partial charge in [-0.2, -0.15) is 8.42 Å². The van der Waals surface area contributed by atoms with E-state index in [4.69, 9.17) is 33.7 Å². The first-order valence-corrected chi connectivity index (χ1v) is 10.2. The lowest BCUT2D eigenvalue weighted by Crippen LogP contribution is -2.17. The van der Waals surface area contributed by atoms with E-state index in [0.29, 0.717) is 8.56 Å². The van der Waals surface area contributed by atoms with Gasteiger partial charge >= 0.3 is 5.97 Å². The topological polar surface area (TPSA) is 104 Å². The smallest absolute Gasteiger partial charge is 0.346 e. The van der Waals surface area contributed by atoms with E-state index in [9.17, 15) is 13.2 Å². The van der Waals surface area contributed by atoms with E-state index >= 15 is 0 Å². The molecular weight excluding hydrogens is 481 g/mol. The molecule has 2 aromatic carbocycles. The average Bonchev–Trinajstić information content (AvgIpc) is 2.98. The van der Waals surface area contributed by atoms with Crippen LogP contribution in [0.3, 0.4) is 0 Å². The van der Waals surface area contributed by atoms with Crippen molar-refractivity contribution >= 4 is 60.9 Å². The summed E-state index contributed by atoms with van der Waals surface area (Å²) in [5, 5.41) is 4.18. The summed E-state index contributed by atoms with van der Waals surface area (Å²) in [5.41, 5.74) is 5.74. The second-order valence-corrected chi connectivity index (χ2v) is 8.75. The minimum Gasteiger partial charge on any atom is -0.402 e. The zero-order chi connectivity index (χ0) is 19.8. The van der Waals surface area contributed by atoms with Crippen LogP contribution in [0.15, 0.2) is 57.9 Å². The van der Waals surface area contributed by atoms with Gasteiger partial charge < -0.3 is 10.5 Å². The summed E-state index contributed by atoms with van der Waals surface area (Å²) in [6.45, 7) is 0. The predicted molar refractivity (Wildman–Crippen MR) is 105 cm³/mol. The van der Waals surface area contributed by atoms with Gasteiger partial charge in [-0.15, -0.1) is 9.19 Å². The molecule has 1 heterocycles. The molecule has 27 heavy (non-hydrogen) atoms. The highest BCUT2D eigenvalue weighted by Crippen LogP contribution is 2.25. The average molecular weight is 491 g/mol. The van der Waals surface area contributed by atoms with E-state index in [0.717, 1.165) is 6.07 Å². The molecule has 2 N–H and O–H groups in total. The number of carbonyl (C=O) groups is 1. The van der Waals surface area contributed by atoms with E-state index in [-0.39, 0.29) is 32.2 Å². The number of esters is 1. The van der Waals surface area contributed by atoms with Crippen LogP contribution in [0.5, 0.6) is 5.88 Å². The van der Waals surface area contributed by atoms with Gasteiger partial charge in [0.15, 0.2) is 0 Å². The molecule has 140 valence electrons. The summed E-state index contributed by atoms with van der Waals surface area (Å²) in [6, 6.07) is 11.3. The molecule has 0 aliphatic rings. The number of aromatic nitrogens is 2. The normalized spacial score (nSPS) is 11.4. The molecule has 0 bridgehead atoms. The molecule has 1 aromatic heterocycles. The first kappa shape index (κ1) is 19.7. The number of nitrogens with zero attached hydrogens (tertiary/aromatic N) is 2. The zero-order valence-electron chi connectivity index (χ0n) is 13.3. The fraction of sp³-hybridized carbons (Fsp3) is 0. The minimum absolute atomic E-state index is 0.00746. The first-order chi connectivity index (χ1) is 12.7. The molecule has 3 rings (SSSR count). The number of nitrogens with two attached hydrogens (primary N) is 1. The van der Waals surface area contributed by atoms with Crippen LogP contribution in [0, 0.1) is 0 Å². The molecule has 0 saturated heterocycles. The largest absolute Gasteiger partial charge is 0.402 e. The van der Waals surface area contributed by atoms with Gasteiger partial charge in [0.1, 0.15) is 5.82 Å². The third-order valence-corrected chi connectivity index (χ3v) is 6.08. The predicted octanol–water partition coefficient (Wildman–Crippen LogP) is 3.99. The maximum Gasteiger partial charge on any atom is 0.346 e. The number of benzene rings is 2. The Labute approximate surface area is 172 Å². The fourth-order valence-electron chi connectivity index (χ4n) is 2.11. The van der Waals surface area contributed by atoms with Crippen molar-refractivity contribution in [2.45, 2.75) is 4.90 Å². The molecule has 0 fully saturated rings. The molecular formula is C16H10BrCl2N3O4S. The standard InChI is InChI=1S/C16H10BrCl2N3O4S/c17-9-1-4-11(5-2-9)27(24,25)22-14(20)8-15(21-22)26-16(23)12-7-10(18)3-6-13(12)19/h1-8H,20H2. The van der Waals surface area contributed by atoms with Crippen LogP contribution in [0.2, 0.25) is 10.0 Å². The summed E-state index contributed by atoms with van der Waals surface area (Å²) >= 11 is 15.0. The van der Waals surface area contributed by atoms with Crippen LogP contribution in [0.4, 0.5) is 5.82 Å². The number of halogens is 3. The number of nitrogen functional groups attached to an aromatic ring is 1. The molecule has 0 unspecified atom stereocenters.